The zero-order valence-corrected chi connectivity index (χ0v) is 23.1. The van der Waals surface area contributed by atoms with Crippen molar-refractivity contribution in [3.63, 3.8) is 0 Å². The first kappa shape index (κ1) is 27.2. The molecule has 0 aliphatic heterocycles. The third-order valence-electron chi connectivity index (χ3n) is 5.32. The van der Waals surface area contributed by atoms with Gasteiger partial charge in [-0.1, -0.05) is 34.1 Å². The molecule has 190 valence electrons. The standard InChI is InChI=1S/C26H28BrN3O5S/c1-17-11-18(2)13-22(12-17)30(36(32,33)23-9-10-24(34-4)25(15-23)35-5)16-26(31)29-28-19(3)20-7-6-8-21(27)14-20/h6-15H,16H2,1-5H3,(H,29,31)/b28-19-. The number of nitrogens with one attached hydrogen (secondary N) is 1. The van der Waals surface area contributed by atoms with E-state index in [2.05, 4.69) is 26.5 Å². The maximum absolute atomic E-state index is 13.8. The summed E-state index contributed by atoms with van der Waals surface area (Å²) in [5.41, 5.74) is 5.96. The highest BCUT2D eigenvalue weighted by molar-refractivity contribution is 9.10. The van der Waals surface area contributed by atoms with E-state index in [0.717, 1.165) is 25.5 Å². The first-order chi connectivity index (χ1) is 17.0. The van der Waals surface area contributed by atoms with Crippen LogP contribution in [-0.4, -0.2) is 40.8 Å². The molecule has 8 nitrogen and oxygen atoms in total. The van der Waals surface area contributed by atoms with Gasteiger partial charge in [0.1, 0.15) is 6.54 Å². The normalized spacial score (nSPS) is 11.7. The molecular formula is C26H28BrN3O5S. The molecule has 0 radical (unpaired) electrons. The van der Waals surface area contributed by atoms with Crippen LogP contribution in [0, 0.1) is 13.8 Å². The Kier molecular flexibility index (Phi) is 8.75. The smallest absolute Gasteiger partial charge is 0.264 e. The zero-order chi connectivity index (χ0) is 26.5. The summed E-state index contributed by atoms with van der Waals surface area (Å²) in [5.74, 6) is 0.0645. The van der Waals surface area contributed by atoms with Crippen molar-refractivity contribution < 1.29 is 22.7 Å². The van der Waals surface area contributed by atoms with Crippen LogP contribution < -0.4 is 19.2 Å². The number of ether oxygens (including phenoxy) is 2. The minimum atomic E-state index is -4.15. The van der Waals surface area contributed by atoms with E-state index in [1.807, 2.05) is 44.2 Å². The Hall–Kier alpha value is -3.37. The number of amides is 1. The molecule has 3 rings (SSSR count). The molecule has 3 aromatic carbocycles. The summed E-state index contributed by atoms with van der Waals surface area (Å²) >= 11 is 3.41. The average Bonchev–Trinajstić information content (AvgIpc) is 2.84. The van der Waals surface area contributed by atoms with E-state index >= 15 is 0 Å². The van der Waals surface area contributed by atoms with Crippen molar-refractivity contribution in [2.45, 2.75) is 25.7 Å². The van der Waals surface area contributed by atoms with Crippen molar-refractivity contribution in [2.24, 2.45) is 5.10 Å². The van der Waals surface area contributed by atoms with Crippen LogP contribution in [0.3, 0.4) is 0 Å². The number of sulfonamides is 1. The second kappa shape index (κ2) is 11.6. The van der Waals surface area contributed by atoms with Gasteiger partial charge in [0.2, 0.25) is 0 Å². The van der Waals surface area contributed by atoms with E-state index in [1.165, 1.54) is 32.4 Å². The lowest BCUT2D eigenvalue weighted by Crippen LogP contribution is -2.39. The number of methoxy groups -OCH3 is 2. The van der Waals surface area contributed by atoms with Gasteiger partial charge in [-0.05, 0) is 73.9 Å². The average molecular weight is 574 g/mol. The number of hydrogen-bond acceptors (Lipinski definition) is 6. The van der Waals surface area contributed by atoms with E-state index in [1.54, 1.807) is 19.1 Å². The second-order valence-corrected chi connectivity index (χ2v) is 10.9. The first-order valence-electron chi connectivity index (χ1n) is 11.0. The topological polar surface area (TPSA) is 97.3 Å². The number of hydrazone groups is 1. The van der Waals surface area contributed by atoms with Crippen molar-refractivity contribution in [1.29, 1.82) is 0 Å². The fraction of sp³-hybridized carbons (Fsp3) is 0.231. The van der Waals surface area contributed by atoms with E-state index in [9.17, 15) is 13.2 Å². The van der Waals surface area contributed by atoms with Crippen molar-refractivity contribution in [1.82, 2.24) is 5.43 Å². The lowest BCUT2D eigenvalue weighted by molar-refractivity contribution is -0.119. The molecule has 1 N–H and O–H groups in total. The number of hydrogen-bond donors (Lipinski definition) is 1. The fourth-order valence-corrected chi connectivity index (χ4v) is 5.42. The highest BCUT2D eigenvalue weighted by Gasteiger charge is 2.28. The molecule has 0 aromatic heterocycles. The van der Waals surface area contributed by atoms with Gasteiger partial charge in [-0.25, -0.2) is 13.8 Å². The van der Waals surface area contributed by atoms with E-state index in [-0.39, 0.29) is 10.6 Å². The number of anilines is 1. The van der Waals surface area contributed by atoms with Gasteiger partial charge < -0.3 is 9.47 Å². The molecule has 0 atom stereocenters. The second-order valence-electron chi connectivity index (χ2n) is 8.12. The Morgan fingerprint density at radius 1 is 0.972 bits per heavy atom. The Morgan fingerprint density at radius 3 is 2.25 bits per heavy atom. The molecule has 0 bridgehead atoms. The first-order valence-corrected chi connectivity index (χ1v) is 13.2. The number of rotatable bonds is 9. The molecule has 0 saturated carbocycles. The molecule has 3 aromatic rings. The minimum Gasteiger partial charge on any atom is -0.493 e. The molecule has 0 saturated heterocycles. The monoisotopic (exact) mass is 573 g/mol. The van der Waals surface area contributed by atoms with Crippen LogP contribution >= 0.6 is 15.9 Å². The molecule has 36 heavy (non-hydrogen) atoms. The van der Waals surface area contributed by atoms with Crippen molar-refractivity contribution in [3.05, 3.63) is 81.8 Å². The van der Waals surface area contributed by atoms with Crippen LogP contribution in [0.25, 0.3) is 0 Å². The Labute approximate surface area is 220 Å². The van der Waals surface area contributed by atoms with Gasteiger partial charge in [-0.3, -0.25) is 9.10 Å². The van der Waals surface area contributed by atoms with Crippen LogP contribution in [0.2, 0.25) is 0 Å². The van der Waals surface area contributed by atoms with Crippen molar-refractivity contribution in [3.8, 4) is 11.5 Å². The summed E-state index contributed by atoms with van der Waals surface area (Å²) in [6.07, 6.45) is 0. The Morgan fingerprint density at radius 2 is 1.64 bits per heavy atom. The molecule has 0 aliphatic rings. The van der Waals surface area contributed by atoms with Gasteiger partial charge in [0.05, 0.1) is 30.5 Å². The van der Waals surface area contributed by atoms with Crippen molar-refractivity contribution >= 4 is 43.3 Å². The van der Waals surface area contributed by atoms with Gasteiger partial charge in [-0.2, -0.15) is 5.10 Å². The highest BCUT2D eigenvalue weighted by atomic mass is 79.9. The number of carbonyl (C=O) groups excluding carboxylic acids is 1. The van der Waals surface area contributed by atoms with Gasteiger partial charge in [0.25, 0.3) is 15.9 Å². The lowest BCUT2D eigenvalue weighted by atomic mass is 10.1. The predicted octanol–water partition coefficient (Wildman–Crippen LogP) is 4.82. The maximum atomic E-state index is 13.8. The summed E-state index contributed by atoms with van der Waals surface area (Å²) in [7, 11) is -1.26. The van der Waals surface area contributed by atoms with Crippen LogP contribution in [0.4, 0.5) is 5.69 Å². The van der Waals surface area contributed by atoms with E-state index in [0.29, 0.717) is 17.1 Å². The molecule has 10 heteroatoms. The summed E-state index contributed by atoms with van der Waals surface area (Å²) < 4.78 is 40.0. The van der Waals surface area contributed by atoms with Gasteiger partial charge in [-0.15, -0.1) is 0 Å². The number of carbonyl (C=O) groups is 1. The Balaban J connectivity index is 1.97. The molecule has 0 aliphatic carbocycles. The molecule has 1 amide bonds. The van der Waals surface area contributed by atoms with Gasteiger partial charge >= 0.3 is 0 Å². The Bertz CT molecular complexity index is 1390. The largest absolute Gasteiger partial charge is 0.493 e. The van der Waals surface area contributed by atoms with Crippen LogP contribution in [-0.2, 0) is 14.8 Å². The predicted molar refractivity (Wildman–Crippen MR) is 144 cm³/mol. The summed E-state index contributed by atoms with van der Waals surface area (Å²) in [5, 5.41) is 4.16. The summed E-state index contributed by atoms with van der Waals surface area (Å²) in [6, 6.07) is 17.1. The molecular weight excluding hydrogens is 546 g/mol. The quantitative estimate of drug-likeness (QED) is 0.292. The van der Waals surface area contributed by atoms with Gasteiger partial charge in [0.15, 0.2) is 11.5 Å². The molecule has 0 spiro atoms. The molecule has 0 unspecified atom stereocenters. The number of halogens is 1. The third kappa shape index (κ3) is 6.44. The number of aryl methyl sites for hydroxylation is 2. The van der Waals surface area contributed by atoms with Crippen LogP contribution in [0.15, 0.2) is 75.1 Å². The van der Waals surface area contributed by atoms with E-state index < -0.39 is 22.5 Å². The lowest BCUT2D eigenvalue weighted by Gasteiger charge is -2.25. The van der Waals surface area contributed by atoms with Crippen LogP contribution in [0.5, 0.6) is 11.5 Å². The zero-order valence-electron chi connectivity index (χ0n) is 20.7. The minimum absolute atomic E-state index is 0.0408. The molecule has 0 heterocycles. The SMILES string of the molecule is COc1ccc(S(=O)(=O)N(CC(=O)N/N=C(/C)c2cccc(Br)c2)c2cc(C)cc(C)c2)cc1OC. The third-order valence-corrected chi connectivity index (χ3v) is 7.58. The number of nitrogens with zero attached hydrogens (tertiary/aromatic N) is 2. The molecule has 0 fully saturated rings. The van der Waals surface area contributed by atoms with Gasteiger partial charge in [0, 0.05) is 10.5 Å². The number of benzene rings is 3. The fourth-order valence-electron chi connectivity index (χ4n) is 3.60. The summed E-state index contributed by atoms with van der Waals surface area (Å²) in [6.45, 7) is 5.01. The van der Waals surface area contributed by atoms with Crippen molar-refractivity contribution in [2.75, 3.05) is 25.1 Å². The highest BCUT2D eigenvalue weighted by Crippen LogP contribution is 2.32. The van der Waals surface area contributed by atoms with E-state index in [4.69, 9.17) is 9.47 Å². The summed E-state index contributed by atoms with van der Waals surface area (Å²) in [4.78, 5) is 12.9. The van der Waals surface area contributed by atoms with Crippen LogP contribution in [0.1, 0.15) is 23.6 Å². The maximum Gasteiger partial charge on any atom is 0.264 e.